The first-order chi connectivity index (χ1) is 8.67. The van der Waals surface area contributed by atoms with Gasteiger partial charge >= 0.3 is 0 Å². The van der Waals surface area contributed by atoms with E-state index >= 15 is 0 Å². The molecule has 1 unspecified atom stereocenters. The van der Waals surface area contributed by atoms with Crippen LogP contribution in [0.1, 0.15) is 46.1 Å². The van der Waals surface area contributed by atoms with E-state index in [-0.39, 0.29) is 11.3 Å². The summed E-state index contributed by atoms with van der Waals surface area (Å²) in [5.74, 6) is 0.336. The van der Waals surface area contributed by atoms with Crippen LogP contribution in [0, 0.1) is 18.3 Å². The number of rotatable bonds is 4. The van der Waals surface area contributed by atoms with Crippen LogP contribution in [0.25, 0.3) is 0 Å². The lowest BCUT2D eigenvalue weighted by molar-refractivity contribution is -0.117. The molecule has 1 N–H and O–H groups in total. The third kappa shape index (κ3) is 6.06. The molecule has 0 aromatic carbocycles. The normalized spacial score (nSPS) is 13.2. The monoisotopic (exact) mass is 282 g/mol. The standard InChI is InChI=1S/C15H23ClN2O/c1-10(8-15(3,4)5)7-13(19)18-12-6-11(2)9-17-14(12)16/h6,9-10H,7-8H2,1-5H3,(H,18,19). The second kappa shape index (κ2) is 6.38. The topological polar surface area (TPSA) is 42.0 Å². The van der Waals surface area contributed by atoms with E-state index in [0.717, 1.165) is 12.0 Å². The van der Waals surface area contributed by atoms with Gasteiger partial charge in [0.1, 0.15) is 0 Å². The molecular weight excluding hydrogens is 260 g/mol. The van der Waals surface area contributed by atoms with Crippen LogP contribution in [-0.4, -0.2) is 10.9 Å². The molecule has 3 nitrogen and oxygen atoms in total. The maximum absolute atomic E-state index is 12.0. The van der Waals surface area contributed by atoms with Crippen molar-refractivity contribution in [2.24, 2.45) is 11.3 Å². The molecule has 106 valence electrons. The molecule has 0 radical (unpaired) electrons. The summed E-state index contributed by atoms with van der Waals surface area (Å²) in [6.45, 7) is 10.6. The number of halogens is 1. The summed E-state index contributed by atoms with van der Waals surface area (Å²) >= 11 is 5.96. The lowest BCUT2D eigenvalue weighted by Gasteiger charge is -2.22. The zero-order valence-corrected chi connectivity index (χ0v) is 13.1. The first-order valence-corrected chi connectivity index (χ1v) is 6.97. The third-order valence-electron chi connectivity index (χ3n) is 2.74. The predicted octanol–water partition coefficient (Wildman–Crippen LogP) is 4.44. The van der Waals surface area contributed by atoms with Gasteiger partial charge in [0, 0.05) is 12.6 Å². The van der Waals surface area contributed by atoms with Crippen molar-refractivity contribution in [3.8, 4) is 0 Å². The number of carbonyl (C=O) groups excluding carboxylic acids is 1. The lowest BCUT2D eigenvalue weighted by Crippen LogP contribution is -2.19. The van der Waals surface area contributed by atoms with Crippen LogP contribution in [0.15, 0.2) is 12.3 Å². The highest BCUT2D eigenvalue weighted by Crippen LogP contribution is 2.26. The summed E-state index contributed by atoms with van der Waals surface area (Å²) in [7, 11) is 0. The number of anilines is 1. The van der Waals surface area contributed by atoms with Gasteiger partial charge in [0.05, 0.1) is 5.69 Å². The van der Waals surface area contributed by atoms with E-state index in [4.69, 9.17) is 11.6 Å². The summed E-state index contributed by atoms with van der Waals surface area (Å²) < 4.78 is 0. The molecule has 1 heterocycles. The quantitative estimate of drug-likeness (QED) is 0.829. The number of aromatic nitrogens is 1. The van der Waals surface area contributed by atoms with Crippen molar-refractivity contribution in [3.05, 3.63) is 23.0 Å². The number of pyridine rings is 1. The largest absolute Gasteiger partial charge is 0.323 e. The van der Waals surface area contributed by atoms with Gasteiger partial charge in [-0.1, -0.05) is 39.3 Å². The molecule has 0 fully saturated rings. The van der Waals surface area contributed by atoms with Crippen molar-refractivity contribution in [1.29, 1.82) is 0 Å². The maximum atomic E-state index is 12.0. The van der Waals surface area contributed by atoms with Crippen LogP contribution in [0.5, 0.6) is 0 Å². The van der Waals surface area contributed by atoms with Crippen LogP contribution >= 0.6 is 11.6 Å². The Hall–Kier alpha value is -1.09. The molecule has 1 atom stereocenters. The van der Waals surface area contributed by atoms with Gasteiger partial charge in [0.25, 0.3) is 0 Å². The highest BCUT2D eigenvalue weighted by atomic mass is 35.5. The Morgan fingerprint density at radius 3 is 2.68 bits per heavy atom. The Morgan fingerprint density at radius 2 is 2.11 bits per heavy atom. The molecule has 1 rings (SSSR count). The van der Waals surface area contributed by atoms with Crippen molar-refractivity contribution in [2.45, 2.75) is 47.5 Å². The second-order valence-electron chi connectivity index (χ2n) is 6.47. The third-order valence-corrected chi connectivity index (χ3v) is 3.05. The van der Waals surface area contributed by atoms with Crippen LogP contribution in [0.2, 0.25) is 5.15 Å². The molecule has 4 heteroatoms. The molecule has 0 spiro atoms. The summed E-state index contributed by atoms with van der Waals surface area (Å²) in [5, 5.41) is 3.17. The molecular formula is C15H23ClN2O. The van der Waals surface area contributed by atoms with Gasteiger partial charge in [-0.25, -0.2) is 4.98 Å². The first-order valence-electron chi connectivity index (χ1n) is 6.59. The number of aryl methyl sites for hydroxylation is 1. The zero-order valence-electron chi connectivity index (χ0n) is 12.4. The Balaban J connectivity index is 2.58. The average Bonchev–Trinajstić information content (AvgIpc) is 2.20. The summed E-state index contributed by atoms with van der Waals surface area (Å²) in [5.41, 5.74) is 1.81. The summed E-state index contributed by atoms with van der Waals surface area (Å²) in [6.07, 6.45) is 3.20. The van der Waals surface area contributed by atoms with Crippen molar-refractivity contribution < 1.29 is 4.79 Å². The van der Waals surface area contributed by atoms with E-state index in [1.807, 2.05) is 13.0 Å². The van der Waals surface area contributed by atoms with Gasteiger partial charge in [0.2, 0.25) is 5.91 Å². The summed E-state index contributed by atoms with van der Waals surface area (Å²) in [4.78, 5) is 16.0. The fourth-order valence-corrected chi connectivity index (χ4v) is 2.43. The molecule has 1 aromatic rings. The van der Waals surface area contributed by atoms with Crippen molar-refractivity contribution in [1.82, 2.24) is 4.98 Å². The minimum Gasteiger partial charge on any atom is -0.323 e. The van der Waals surface area contributed by atoms with Gasteiger partial charge in [0.15, 0.2) is 5.15 Å². The molecule has 1 amide bonds. The van der Waals surface area contributed by atoms with Gasteiger partial charge in [-0.2, -0.15) is 0 Å². The predicted molar refractivity (Wildman–Crippen MR) is 80.5 cm³/mol. The number of amides is 1. The van der Waals surface area contributed by atoms with Gasteiger partial charge < -0.3 is 5.32 Å². The van der Waals surface area contributed by atoms with Gasteiger partial charge in [-0.05, 0) is 36.3 Å². The summed E-state index contributed by atoms with van der Waals surface area (Å²) in [6, 6.07) is 1.83. The van der Waals surface area contributed by atoms with Crippen LogP contribution in [0.3, 0.4) is 0 Å². The van der Waals surface area contributed by atoms with Gasteiger partial charge in [-0.3, -0.25) is 4.79 Å². The number of nitrogens with zero attached hydrogens (tertiary/aromatic N) is 1. The molecule has 1 aromatic heterocycles. The molecule has 0 aliphatic carbocycles. The van der Waals surface area contributed by atoms with Crippen molar-refractivity contribution in [3.63, 3.8) is 0 Å². The molecule has 19 heavy (non-hydrogen) atoms. The minimum absolute atomic E-state index is 0.00829. The smallest absolute Gasteiger partial charge is 0.224 e. The lowest BCUT2D eigenvalue weighted by atomic mass is 9.84. The van der Waals surface area contributed by atoms with Crippen LogP contribution in [-0.2, 0) is 4.79 Å². The molecule has 0 aliphatic heterocycles. The Kier molecular flexibility index (Phi) is 5.36. The van der Waals surface area contributed by atoms with E-state index in [2.05, 4.69) is 38.0 Å². The fraction of sp³-hybridized carbons (Fsp3) is 0.600. The van der Waals surface area contributed by atoms with Crippen molar-refractivity contribution in [2.75, 3.05) is 5.32 Å². The highest BCUT2D eigenvalue weighted by Gasteiger charge is 2.18. The van der Waals surface area contributed by atoms with Gasteiger partial charge in [-0.15, -0.1) is 0 Å². The van der Waals surface area contributed by atoms with E-state index in [0.29, 0.717) is 23.2 Å². The molecule has 0 bridgehead atoms. The Labute approximate surface area is 120 Å². The average molecular weight is 283 g/mol. The molecule has 0 saturated carbocycles. The number of nitrogens with one attached hydrogen (secondary N) is 1. The number of carbonyl (C=O) groups is 1. The Morgan fingerprint density at radius 1 is 1.47 bits per heavy atom. The minimum atomic E-state index is -0.00829. The maximum Gasteiger partial charge on any atom is 0.224 e. The molecule has 0 aliphatic rings. The number of hydrogen-bond acceptors (Lipinski definition) is 2. The van der Waals surface area contributed by atoms with Crippen LogP contribution in [0.4, 0.5) is 5.69 Å². The van der Waals surface area contributed by atoms with E-state index in [1.54, 1.807) is 6.20 Å². The van der Waals surface area contributed by atoms with E-state index in [1.165, 1.54) is 0 Å². The van der Waals surface area contributed by atoms with E-state index < -0.39 is 0 Å². The number of hydrogen-bond donors (Lipinski definition) is 1. The molecule has 0 saturated heterocycles. The fourth-order valence-electron chi connectivity index (χ4n) is 2.28. The van der Waals surface area contributed by atoms with E-state index in [9.17, 15) is 4.79 Å². The zero-order chi connectivity index (χ0) is 14.6. The van der Waals surface area contributed by atoms with Crippen molar-refractivity contribution >= 4 is 23.2 Å². The second-order valence-corrected chi connectivity index (χ2v) is 6.83. The highest BCUT2D eigenvalue weighted by molar-refractivity contribution is 6.32. The first kappa shape index (κ1) is 16.0. The SMILES string of the molecule is Cc1cnc(Cl)c(NC(=O)CC(C)CC(C)(C)C)c1. The Bertz CT molecular complexity index is 452. The van der Waals surface area contributed by atoms with Crippen LogP contribution < -0.4 is 5.32 Å².